The lowest BCUT2D eigenvalue weighted by Gasteiger charge is -2.32. The second-order valence-corrected chi connectivity index (χ2v) is 17.2. The quantitative estimate of drug-likeness (QED) is 0.0780. The maximum absolute atomic E-state index is 14.1. The van der Waals surface area contributed by atoms with Crippen molar-refractivity contribution in [3.8, 4) is 0 Å². The molecule has 0 saturated carbocycles. The Labute approximate surface area is 344 Å². The molecule has 1 N–H and O–H groups in total. The van der Waals surface area contributed by atoms with Crippen LogP contribution < -0.4 is 14.9 Å². The topological polar surface area (TPSA) is 86.9 Å². The molecule has 7 rings (SSSR count). The summed E-state index contributed by atoms with van der Waals surface area (Å²) in [7, 11) is 0. The first-order valence-corrected chi connectivity index (χ1v) is 21.0. The fourth-order valence-corrected chi connectivity index (χ4v) is 8.97. The number of likely N-dealkylation sites (N-methyl/N-ethyl adjacent to an activating group) is 1. The summed E-state index contributed by atoms with van der Waals surface area (Å²) in [5, 5.41) is 23.9. The number of fused-ring (bicyclic) bond motifs is 2. The van der Waals surface area contributed by atoms with Crippen LogP contribution >= 0.6 is 0 Å². The molecule has 3 aliphatic rings. The van der Waals surface area contributed by atoms with Gasteiger partial charge in [0.05, 0.1) is 11.0 Å². The third kappa shape index (κ3) is 7.20. The lowest BCUT2D eigenvalue weighted by Crippen LogP contribution is -2.35. The van der Waals surface area contributed by atoms with Gasteiger partial charge in [-0.2, -0.15) is 4.58 Å². The third-order valence-electron chi connectivity index (χ3n) is 12.4. The van der Waals surface area contributed by atoms with Crippen LogP contribution in [0.2, 0.25) is 0 Å². The van der Waals surface area contributed by atoms with Gasteiger partial charge in [0, 0.05) is 75.7 Å². The van der Waals surface area contributed by atoms with E-state index in [2.05, 4.69) is 136 Å². The van der Waals surface area contributed by atoms with Gasteiger partial charge in [0.2, 0.25) is 5.69 Å². The van der Waals surface area contributed by atoms with Gasteiger partial charge in [0.1, 0.15) is 6.54 Å². The van der Waals surface area contributed by atoms with Gasteiger partial charge in [-0.25, -0.2) is 4.79 Å². The van der Waals surface area contributed by atoms with E-state index in [1.165, 1.54) is 30.4 Å². The molecule has 58 heavy (non-hydrogen) atoms. The molecule has 4 aromatic rings. The van der Waals surface area contributed by atoms with E-state index in [9.17, 15) is 19.8 Å². The van der Waals surface area contributed by atoms with Crippen molar-refractivity contribution < 1.29 is 24.4 Å². The Hall–Kier alpha value is -5.69. The van der Waals surface area contributed by atoms with E-state index in [1.54, 1.807) is 18.2 Å². The summed E-state index contributed by atoms with van der Waals surface area (Å²) < 4.78 is 2.20. The van der Waals surface area contributed by atoms with Gasteiger partial charge >= 0.3 is 5.97 Å². The van der Waals surface area contributed by atoms with Gasteiger partial charge in [-0.1, -0.05) is 87.6 Å². The molecule has 0 aromatic heterocycles. The molecule has 2 aliphatic heterocycles. The summed E-state index contributed by atoms with van der Waals surface area (Å²) in [5.41, 5.74) is 10.8. The van der Waals surface area contributed by atoms with E-state index in [-0.39, 0.29) is 28.3 Å². The van der Waals surface area contributed by atoms with E-state index < -0.39 is 16.8 Å². The number of carbonyl (C=O) groups excluding carboxylic acids is 1. The number of benzene rings is 4. The third-order valence-corrected chi connectivity index (χ3v) is 12.4. The molecule has 0 saturated heterocycles. The summed E-state index contributed by atoms with van der Waals surface area (Å²) in [6.45, 7) is 18.3. The summed E-state index contributed by atoms with van der Waals surface area (Å²) >= 11 is 0. The van der Waals surface area contributed by atoms with Crippen LogP contribution in [0, 0.1) is 13.8 Å². The highest BCUT2D eigenvalue weighted by molar-refractivity contribution is 6.24. The number of ketones is 1. The lowest BCUT2D eigenvalue weighted by atomic mass is 9.77. The number of carboxylic acid groups (broad SMARTS) is 1. The molecule has 0 atom stereocenters. The molecule has 7 nitrogen and oxygen atoms in total. The number of allylic oxidation sites excluding steroid dienone is 5. The molecule has 4 aromatic carbocycles. The number of hydrogen-bond donors (Lipinski definition) is 1. The normalized spacial score (nSPS) is 17.9. The van der Waals surface area contributed by atoms with Crippen LogP contribution in [0.4, 0.5) is 28.4 Å². The van der Waals surface area contributed by atoms with E-state index in [0.29, 0.717) is 6.54 Å². The first-order chi connectivity index (χ1) is 27.7. The summed E-state index contributed by atoms with van der Waals surface area (Å²) in [5.74, 6) is -1.49. The second-order valence-electron chi connectivity index (χ2n) is 17.2. The summed E-state index contributed by atoms with van der Waals surface area (Å²) in [6, 6.07) is 29.0. The van der Waals surface area contributed by atoms with Crippen LogP contribution in [-0.4, -0.2) is 40.2 Å². The number of aromatic carboxylic acids is 1. The Morgan fingerprint density at radius 1 is 0.759 bits per heavy atom. The highest BCUT2D eigenvalue weighted by atomic mass is 16.4. The minimum Gasteiger partial charge on any atom is -0.871 e. The zero-order valence-electron chi connectivity index (χ0n) is 35.4. The van der Waals surface area contributed by atoms with Crippen molar-refractivity contribution in [2.75, 3.05) is 22.9 Å². The fraction of sp³-hybridized carbons (Fsp3) is 0.353. The minimum atomic E-state index is -0.978. The fourth-order valence-electron chi connectivity index (χ4n) is 8.97. The van der Waals surface area contributed by atoms with Crippen LogP contribution in [0.1, 0.15) is 113 Å². The minimum absolute atomic E-state index is 0.180. The van der Waals surface area contributed by atoms with Crippen molar-refractivity contribution in [3.05, 3.63) is 148 Å². The lowest BCUT2D eigenvalue weighted by molar-refractivity contribution is -0.438. The number of hydrogen-bond acceptors (Lipinski definition) is 5. The maximum atomic E-state index is 14.1. The van der Waals surface area contributed by atoms with Crippen LogP contribution in [0.25, 0.3) is 0 Å². The predicted molar refractivity (Wildman–Crippen MR) is 234 cm³/mol. The number of Topliss-reactive ketones (excluding diaryl/α,β-unsaturated/α-hetero) is 1. The number of nitrogens with zero attached hydrogens (tertiary/aromatic N) is 3. The van der Waals surface area contributed by atoms with Crippen LogP contribution in [0.5, 0.6) is 0 Å². The van der Waals surface area contributed by atoms with Crippen LogP contribution in [0.3, 0.4) is 0 Å². The van der Waals surface area contributed by atoms with E-state index >= 15 is 0 Å². The first-order valence-electron chi connectivity index (χ1n) is 21.0. The Morgan fingerprint density at radius 3 is 1.95 bits per heavy atom. The number of unbranched alkanes of at least 4 members (excludes halogenated alkanes) is 5. The summed E-state index contributed by atoms with van der Waals surface area (Å²) in [6.07, 6.45) is 10.4. The molecule has 0 unspecified atom stereocenters. The largest absolute Gasteiger partial charge is 0.871 e. The number of carboxylic acids is 1. The zero-order chi connectivity index (χ0) is 41.5. The molecule has 0 spiro atoms. The molecule has 300 valence electrons. The van der Waals surface area contributed by atoms with Crippen LogP contribution in [0.15, 0.2) is 120 Å². The number of rotatable bonds is 14. The molecule has 1 aliphatic carbocycles. The number of carbonyl (C=O) groups is 2. The maximum Gasteiger partial charge on any atom is 0.335 e. The molecule has 0 fully saturated rings. The van der Waals surface area contributed by atoms with Crippen molar-refractivity contribution in [3.63, 3.8) is 0 Å². The van der Waals surface area contributed by atoms with Crippen molar-refractivity contribution in [2.24, 2.45) is 0 Å². The number of anilines is 4. The molecule has 0 radical (unpaired) electrons. The van der Waals surface area contributed by atoms with Gasteiger partial charge < -0.3 is 20.0 Å². The Morgan fingerprint density at radius 2 is 1.36 bits per heavy atom. The molecular weight excluding hydrogens is 719 g/mol. The first kappa shape index (κ1) is 40.5. The van der Waals surface area contributed by atoms with Crippen molar-refractivity contribution in [2.45, 2.75) is 105 Å². The average molecular weight is 776 g/mol. The monoisotopic (exact) mass is 775 g/mol. The highest BCUT2D eigenvalue weighted by Gasteiger charge is 2.46. The average Bonchev–Trinajstić information content (AvgIpc) is 3.55. The van der Waals surface area contributed by atoms with Gasteiger partial charge in [0.25, 0.3) is 0 Å². The second kappa shape index (κ2) is 15.9. The Bertz CT molecular complexity index is 2350. The Kier molecular flexibility index (Phi) is 11.1. The molecule has 7 heteroatoms. The molecule has 0 amide bonds. The van der Waals surface area contributed by atoms with Gasteiger partial charge in [-0.3, -0.25) is 4.79 Å². The molecular formula is C51H57N3O4. The smallest absolute Gasteiger partial charge is 0.335 e. The van der Waals surface area contributed by atoms with E-state index in [1.807, 2.05) is 12.1 Å². The van der Waals surface area contributed by atoms with Crippen molar-refractivity contribution >= 4 is 45.9 Å². The van der Waals surface area contributed by atoms with Crippen molar-refractivity contribution in [1.29, 1.82) is 0 Å². The summed E-state index contributed by atoms with van der Waals surface area (Å²) in [4.78, 5) is 30.6. The van der Waals surface area contributed by atoms with Crippen LogP contribution in [-0.2, 0) is 15.6 Å². The zero-order valence-corrected chi connectivity index (χ0v) is 35.4. The number of aryl methyl sites for hydroxylation is 2. The molecule has 2 heterocycles. The van der Waals surface area contributed by atoms with Gasteiger partial charge in [0.15, 0.2) is 11.5 Å². The Balaban J connectivity index is 1.25. The molecule has 0 bridgehead atoms. The van der Waals surface area contributed by atoms with Gasteiger partial charge in [-0.05, 0) is 107 Å². The van der Waals surface area contributed by atoms with Gasteiger partial charge in [-0.15, -0.1) is 0 Å². The van der Waals surface area contributed by atoms with E-state index in [0.717, 1.165) is 76.8 Å². The highest BCUT2D eigenvalue weighted by Crippen LogP contribution is 2.51. The van der Waals surface area contributed by atoms with E-state index in [4.69, 9.17) is 0 Å². The predicted octanol–water partition coefficient (Wildman–Crippen LogP) is 11.0. The van der Waals surface area contributed by atoms with Crippen molar-refractivity contribution in [1.82, 2.24) is 0 Å². The standard InChI is InChI=1S/C51H57N3O4/c1-9-11-12-13-14-15-28-53-44-26-20-35(49(57)58)29-41(44)50(5,6)46(53)32-40-47(55)39(48(40)56)31-45-51(7,8)42-30-38(25-27-43(42)52(45)10-2)54(36-21-16-33(3)17-22-36)37-23-18-34(4)19-24-37/h16-27,29-32H,9-15,28H2,1-8H3,(H-,55,56,57,58). The SMILES string of the molecule is CCCCCCCC[N+]1=C(/C=C2/C(=O)C(/C=C3/N(CC)c4ccc(N(c5ccc(C)cc5)c5ccc(C)cc5)cc4C3(C)C)=C2[O-])C(C)(C)c2cc(C(=O)O)ccc21.